The predicted octanol–water partition coefficient (Wildman–Crippen LogP) is 4.22. The Labute approximate surface area is 152 Å². The van der Waals surface area contributed by atoms with Crippen LogP contribution >= 0.6 is 27.7 Å². The van der Waals surface area contributed by atoms with Gasteiger partial charge in [0, 0.05) is 22.3 Å². The number of benzene rings is 1. The van der Waals surface area contributed by atoms with Gasteiger partial charge in [-0.05, 0) is 84.9 Å². The number of thioether (sulfide) groups is 1. The summed E-state index contributed by atoms with van der Waals surface area (Å²) in [5.41, 5.74) is 0. The molecule has 1 saturated heterocycles. The molecule has 0 radical (unpaired) electrons. The summed E-state index contributed by atoms with van der Waals surface area (Å²) >= 11 is 5.44. The van der Waals surface area contributed by atoms with E-state index >= 15 is 0 Å². The summed E-state index contributed by atoms with van der Waals surface area (Å²) in [6, 6.07) is 8.31. The van der Waals surface area contributed by atoms with Gasteiger partial charge in [-0.3, -0.25) is 4.79 Å². The molecule has 23 heavy (non-hydrogen) atoms. The molecule has 1 aliphatic rings. The molecule has 0 unspecified atom stereocenters. The van der Waals surface area contributed by atoms with E-state index in [1.54, 1.807) is 0 Å². The second kappa shape index (κ2) is 11.1. The van der Waals surface area contributed by atoms with Crippen LogP contribution < -0.4 is 10.6 Å². The van der Waals surface area contributed by atoms with Gasteiger partial charge in [0.15, 0.2) is 0 Å². The van der Waals surface area contributed by atoms with Gasteiger partial charge in [-0.25, -0.2) is 0 Å². The van der Waals surface area contributed by atoms with Gasteiger partial charge in [0.1, 0.15) is 0 Å². The van der Waals surface area contributed by atoms with E-state index in [-0.39, 0.29) is 5.91 Å². The van der Waals surface area contributed by atoms with Crippen LogP contribution in [0, 0.1) is 5.92 Å². The highest BCUT2D eigenvalue weighted by Crippen LogP contribution is 2.27. The Bertz CT molecular complexity index is 478. The summed E-state index contributed by atoms with van der Waals surface area (Å²) in [6.07, 6.45) is 6.36. The van der Waals surface area contributed by atoms with Gasteiger partial charge in [-0.2, -0.15) is 0 Å². The third-order valence-electron chi connectivity index (χ3n) is 4.23. The fourth-order valence-electron chi connectivity index (χ4n) is 2.79. The molecular weight excluding hydrogens is 372 g/mol. The maximum Gasteiger partial charge on any atom is 0.220 e. The van der Waals surface area contributed by atoms with E-state index in [0.717, 1.165) is 55.0 Å². The zero-order valence-corrected chi connectivity index (χ0v) is 16.1. The molecule has 1 aromatic carbocycles. The first-order chi connectivity index (χ1) is 11.3. The van der Waals surface area contributed by atoms with Gasteiger partial charge >= 0.3 is 0 Å². The van der Waals surface area contributed by atoms with E-state index in [9.17, 15) is 4.79 Å². The minimum absolute atomic E-state index is 0.224. The van der Waals surface area contributed by atoms with Crippen molar-refractivity contribution in [3.05, 3.63) is 28.7 Å². The number of hydrogen-bond acceptors (Lipinski definition) is 3. The first-order valence-corrected chi connectivity index (χ1v) is 10.4. The third kappa shape index (κ3) is 7.73. The molecule has 1 heterocycles. The van der Waals surface area contributed by atoms with Crippen LogP contribution in [-0.2, 0) is 4.79 Å². The van der Waals surface area contributed by atoms with Crippen molar-refractivity contribution in [2.24, 2.45) is 5.92 Å². The van der Waals surface area contributed by atoms with E-state index in [2.05, 4.69) is 44.8 Å². The number of carbonyl (C=O) groups excluding carboxylic acids is 1. The summed E-state index contributed by atoms with van der Waals surface area (Å²) in [6.45, 7) is 3.03. The number of halogens is 1. The lowest BCUT2D eigenvalue weighted by Crippen LogP contribution is -2.29. The molecular formula is C18H27BrN2OS. The molecule has 128 valence electrons. The van der Waals surface area contributed by atoms with Crippen molar-refractivity contribution in [1.82, 2.24) is 10.6 Å². The largest absolute Gasteiger partial charge is 0.356 e. The van der Waals surface area contributed by atoms with Gasteiger partial charge in [0.2, 0.25) is 5.91 Å². The van der Waals surface area contributed by atoms with E-state index in [1.165, 1.54) is 17.7 Å². The number of carbonyl (C=O) groups is 1. The molecule has 0 saturated carbocycles. The molecule has 1 amide bonds. The lowest BCUT2D eigenvalue weighted by atomic mass is 9.93. The van der Waals surface area contributed by atoms with E-state index < -0.39 is 0 Å². The van der Waals surface area contributed by atoms with Crippen molar-refractivity contribution in [2.75, 3.05) is 25.4 Å². The standard InChI is InChI=1S/C18H27BrN2OS/c19-16-5-1-2-6-17(16)23-14-4-3-11-21-18(22)8-7-15-9-12-20-13-10-15/h1-2,5-6,15,20H,3-4,7-14H2,(H,21,22). The summed E-state index contributed by atoms with van der Waals surface area (Å²) in [4.78, 5) is 13.1. The predicted molar refractivity (Wildman–Crippen MR) is 102 cm³/mol. The SMILES string of the molecule is O=C(CCC1CCNCC1)NCCCCSc1ccccc1Br. The molecule has 3 nitrogen and oxygen atoms in total. The quantitative estimate of drug-likeness (QED) is 0.483. The zero-order valence-electron chi connectivity index (χ0n) is 13.7. The number of nitrogens with one attached hydrogen (secondary N) is 2. The van der Waals surface area contributed by atoms with Gasteiger partial charge in [0.25, 0.3) is 0 Å². The van der Waals surface area contributed by atoms with Crippen molar-refractivity contribution >= 4 is 33.6 Å². The lowest BCUT2D eigenvalue weighted by Gasteiger charge is -2.22. The Balaban J connectivity index is 1.47. The summed E-state index contributed by atoms with van der Waals surface area (Å²) < 4.78 is 1.16. The first-order valence-electron chi connectivity index (χ1n) is 8.60. The topological polar surface area (TPSA) is 41.1 Å². The average molecular weight is 399 g/mol. The van der Waals surface area contributed by atoms with Gasteiger partial charge < -0.3 is 10.6 Å². The minimum Gasteiger partial charge on any atom is -0.356 e. The monoisotopic (exact) mass is 398 g/mol. The van der Waals surface area contributed by atoms with Gasteiger partial charge in [-0.15, -0.1) is 11.8 Å². The molecule has 1 aliphatic heterocycles. The molecule has 2 N–H and O–H groups in total. The lowest BCUT2D eigenvalue weighted by molar-refractivity contribution is -0.121. The fraction of sp³-hybridized carbons (Fsp3) is 0.611. The third-order valence-corrected chi connectivity index (χ3v) is 6.34. The Hall–Kier alpha value is -0.520. The van der Waals surface area contributed by atoms with Crippen LogP contribution in [0.1, 0.15) is 38.5 Å². The number of hydrogen-bond donors (Lipinski definition) is 2. The van der Waals surface area contributed by atoms with Crippen LogP contribution in [0.5, 0.6) is 0 Å². The molecule has 2 rings (SSSR count). The Morgan fingerprint density at radius 1 is 1.26 bits per heavy atom. The van der Waals surface area contributed by atoms with Crippen LogP contribution in [0.4, 0.5) is 0 Å². The Morgan fingerprint density at radius 2 is 2.04 bits per heavy atom. The smallest absolute Gasteiger partial charge is 0.220 e. The van der Waals surface area contributed by atoms with Crippen molar-refractivity contribution < 1.29 is 4.79 Å². The average Bonchev–Trinajstić information content (AvgIpc) is 2.58. The van der Waals surface area contributed by atoms with Crippen LogP contribution in [0.25, 0.3) is 0 Å². The first kappa shape index (κ1) is 18.8. The van der Waals surface area contributed by atoms with Crippen molar-refractivity contribution in [2.45, 2.75) is 43.4 Å². The molecule has 0 aromatic heterocycles. The zero-order chi connectivity index (χ0) is 16.3. The summed E-state index contributed by atoms with van der Waals surface area (Å²) in [5.74, 6) is 2.05. The molecule has 0 spiro atoms. The highest BCUT2D eigenvalue weighted by atomic mass is 79.9. The molecule has 0 aliphatic carbocycles. The number of piperidine rings is 1. The maximum absolute atomic E-state index is 11.8. The highest BCUT2D eigenvalue weighted by Gasteiger charge is 2.14. The fourth-order valence-corrected chi connectivity index (χ4v) is 4.37. The van der Waals surface area contributed by atoms with Crippen LogP contribution in [-0.4, -0.2) is 31.3 Å². The number of rotatable bonds is 9. The van der Waals surface area contributed by atoms with E-state index in [4.69, 9.17) is 0 Å². The summed E-state index contributed by atoms with van der Waals surface area (Å²) in [7, 11) is 0. The van der Waals surface area contributed by atoms with Crippen LogP contribution in [0.15, 0.2) is 33.6 Å². The van der Waals surface area contributed by atoms with Crippen molar-refractivity contribution in [3.63, 3.8) is 0 Å². The molecule has 0 bridgehead atoms. The minimum atomic E-state index is 0.224. The molecule has 0 atom stereocenters. The normalized spacial score (nSPS) is 15.5. The maximum atomic E-state index is 11.8. The van der Waals surface area contributed by atoms with E-state index in [0.29, 0.717) is 6.42 Å². The summed E-state index contributed by atoms with van der Waals surface area (Å²) in [5, 5.41) is 6.43. The second-order valence-electron chi connectivity index (χ2n) is 6.07. The van der Waals surface area contributed by atoms with E-state index in [1.807, 2.05) is 17.8 Å². The molecule has 1 aromatic rings. The highest BCUT2D eigenvalue weighted by molar-refractivity contribution is 9.10. The van der Waals surface area contributed by atoms with Crippen molar-refractivity contribution in [3.8, 4) is 0 Å². The van der Waals surface area contributed by atoms with Gasteiger partial charge in [0.05, 0.1) is 0 Å². The number of amides is 1. The molecule has 1 fully saturated rings. The van der Waals surface area contributed by atoms with Gasteiger partial charge in [-0.1, -0.05) is 12.1 Å². The molecule has 5 heteroatoms. The van der Waals surface area contributed by atoms with Crippen LogP contribution in [0.3, 0.4) is 0 Å². The number of unbranched alkanes of at least 4 members (excludes halogenated alkanes) is 1. The van der Waals surface area contributed by atoms with Crippen molar-refractivity contribution in [1.29, 1.82) is 0 Å². The Kier molecular flexibility index (Phi) is 9.09. The Morgan fingerprint density at radius 3 is 2.83 bits per heavy atom. The second-order valence-corrected chi connectivity index (χ2v) is 8.06. The van der Waals surface area contributed by atoms with Crippen LogP contribution in [0.2, 0.25) is 0 Å².